The summed E-state index contributed by atoms with van der Waals surface area (Å²) in [5, 5.41) is 7.96. The third kappa shape index (κ3) is 5.03. The molecule has 2 heterocycles. The number of benzene rings is 2. The molecule has 0 aliphatic rings. The van der Waals surface area contributed by atoms with Crippen molar-refractivity contribution >= 4 is 22.5 Å². The van der Waals surface area contributed by atoms with Crippen LogP contribution in [0.25, 0.3) is 10.9 Å². The molecule has 1 N–H and O–H groups in total. The Morgan fingerprint density at radius 2 is 1.76 bits per heavy atom. The molecular formula is C24H25N5O4. The molecule has 0 saturated carbocycles. The Hall–Kier alpha value is -4.14. The zero-order valence-corrected chi connectivity index (χ0v) is 18.9. The van der Waals surface area contributed by atoms with Crippen molar-refractivity contribution in [2.45, 2.75) is 26.3 Å². The normalized spacial score (nSPS) is 10.9. The summed E-state index contributed by atoms with van der Waals surface area (Å²) < 4.78 is 18.3. The Kier molecular flexibility index (Phi) is 6.39. The molecule has 33 heavy (non-hydrogen) atoms. The van der Waals surface area contributed by atoms with Crippen LogP contribution in [0, 0.1) is 0 Å². The van der Waals surface area contributed by atoms with Gasteiger partial charge in [-0.25, -0.2) is 9.97 Å². The molecule has 0 saturated heterocycles. The number of nitrogens with zero attached hydrogens (tertiary/aromatic N) is 4. The Bertz CT molecular complexity index is 1270. The number of rotatable bonds is 8. The number of anilines is 1. The maximum atomic E-state index is 12.4. The lowest BCUT2D eigenvalue weighted by molar-refractivity contribution is -0.116. The highest BCUT2D eigenvalue weighted by molar-refractivity contribution is 5.90. The fourth-order valence-corrected chi connectivity index (χ4v) is 3.28. The van der Waals surface area contributed by atoms with Gasteiger partial charge in [0.25, 0.3) is 0 Å². The van der Waals surface area contributed by atoms with Gasteiger partial charge < -0.3 is 19.5 Å². The van der Waals surface area contributed by atoms with E-state index in [2.05, 4.69) is 34.2 Å². The van der Waals surface area contributed by atoms with Gasteiger partial charge in [0.1, 0.15) is 18.6 Å². The number of carbonyl (C=O) groups excluding carboxylic acids is 1. The van der Waals surface area contributed by atoms with Crippen molar-refractivity contribution in [1.82, 2.24) is 19.7 Å². The molecule has 2 aromatic heterocycles. The summed E-state index contributed by atoms with van der Waals surface area (Å²) in [7, 11) is 3.14. The highest BCUT2D eigenvalue weighted by Gasteiger charge is 2.13. The summed E-state index contributed by atoms with van der Waals surface area (Å²) in [6, 6.07) is 12.5. The van der Waals surface area contributed by atoms with Crippen molar-refractivity contribution in [3.8, 4) is 23.1 Å². The lowest BCUT2D eigenvalue weighted by atomic mass is 10.1. The smallest absolute Gasteiger partial charge is 0.246 e. The molecule has 4 rings (SSSR count). The second-order valence-electron chi connectivity index (χ2n) is 7.67. The molecule has 1 amide bonds. The van der Waals surface area contributed by atoms with E-state index in [9.17, 15) is 4.79 Å². The van der Waals surface area contributed by atoms with Crippen LogP contribution in [0.4, 0.5) is 5.69 Å². The third-order valence-electron chi connectivity index (χ3n) is 5.02. The van der Waals surface area contributed by atoms with Gasteiger partial charge in [-0.15, -0.1) is 0 Å². The van der Waals surface area contributed by atoms with Crippen LogP contribution in [0.1, 0.15) is 25.5 Å². The molecule has 0 unspecified atom stereocenters. The van der Waals surface area contributed by atoms with E-state index in [0.29, 0.717) is 45.6 Å². The first kappa shape index (κ1) is 22.1. The topological polar surface area (TPSA) is 100 Å². The molecule has 9 heteroatoms. The van der Waals surface area contributed by atoms with E-state index in [0.717, 1.165) is 5.69 Å². The van der Waals surface area contributed by atoms with E-state index < -0.39 is 0 Å². The van der Waals surface area contributed by atoms with Crippen LogP contribution in [0.2, 0.25) is 0 Å². The summed E-state index contributed by atoms with van der Waals surface area (Å²) in [5.74, 6) is 2.24. The number of methoxy groups -OCH3 is 2. The Morgan fingerprint density at radius 3 is 2.42 bits per heavy atom. The minimum Gasteiger partial charge on any atom is -0.493 e. The van der Waals surface area contributed by atoms with Crippen molar-refractivity contribution in [3.63, 3.8) is 0 Å². The van der Waals surface area contributed by atoms with Gasteiger partial charge in [0, 0.05) is 18.0 Å². The van der Waals surface area contributed by atoms with Gasteiger partial charge in [-0.05, 0) is 42.3 Å². The SMILES string of the molecule is COc1cc2ncnc(Oc3ccc(NC(=O)Cn4ccc(C(C)C)n4)cc3)c2cc1OC. The van der Waals surface area contributed by atoms with Crippen LogP contribution >= 0.6 is 0 Å². The quantitative estimate of drug-likeness (QED) is 0.427. The molecule has 0 bridgehead atoms. The number of hydrogen-bond acceptors (Lipinski definition) is 7. The first-order chi connectivity index (χ1) is 16.0. The minimum atomic E-state index is -0.162. The van der Waals surface area contributed by atoms with Gasteiger partial charge in [0.15, 0.2) is 11.5 Å². The van der Waals surface area contributed by atoms with E-state index in [4.69, 9.17) is 14.2 Å². The van der Waals surface area contributed by atoms with Crippen molar-refractivity contribution in [3.05, 3.63) is 60.7 Å². The van der Waals surface area contributed by atoms with Crippen LogP contribution in [-0.4, -0.2) is 39.9 Å². The van der Waals surface area contributed by atoms with E-state index in [1.165, 1.54) is 6.33 Å². The van der Waals surface area contributed by atoms with Gasteiger partial charge >= 0.3 is 0 Å². The zero-order valence-electron chi connectivity index (χ0n) is 18.9. The highest BCUT2D eigenvalue weighted by atomic mass is 16.5. The van der Waals surface area contributed by atoms with E-state index in [-0.39, 0.29) is 12.5 Å². The second-order valence-corrected chi connectivity index (χ2v) is 7.67. The number of ether oxygens (including phenoxy) is 3. The number of fused-ring (bicyclic) bond motifs is 1. The molecule has 0 atom stereocenters. The van der Waals surface area contributed by atoms with Gasteiger partial charge in [0.2, 0.25) is 11.8 Å². The van der Waals surface area contributed by atoms with Gasteiger partial charge in [0.05, 0.1) is 30.8 Å². The standard InChI is InChI=1S/C24H25N5O4/c1-15(2)19-9-10-29(28-19)13-23(30)27-16-5-7-17(8-6-16)33-24-18-11-21(31-3)22(32-4)12-20(18)25-14-26-24/h5-12,14-15H,13H2,1-4H3,(H,27,30). The van der Waals surface area contributed by atoms with Crippen LogP contribution < -0.4 is 19.5 Å². The summed E-state index contributed by atoms with van der Waals surface area (Å²) in [6.45, 7) is 4.27. The third-order valence-corrected chi connectivity index (χ3v) is 5.02. The summed E-state index contributed by atoms with van der Waals surface area (Å²) >= 11 is 0. The largest absolute Gasteiger partial charge is 0.493 e. The van der Waals surface area contributed by atoms with Crippen molar-refractivity contribution < 1.29 is 19.0 Å². The molecule has 0 aliphatic heterocycles. The van der Waals surface area contributed by atoms with Crippen LogP contribution in [0.15, 0.2) is 55.0 Å². The molecular weight excluding hydrogens is 422 g/mol. The zero-order chi connectivity index (χ0) is 23.4. The Labute approximate surface area is 191 Å². The second kappa shape index (κ2) is 9.56. The molecule has 0 radical (unpaired) electrons. The van der Waals surface area contributed by atoms with Gasteiger partial charge in [-0.2, -0.15) is 5.10 Å². The Morgan fingerprint density at radius 1 is 1.03 bits per heavy atom. The monoisotopic (exact) mass is 447 g/mol. The molecule has 170 valence electrons. The lowest BCUT2D eigenvalue weighted by Crippen LogP contribution is -2.19. The number of aromatic nitrogens is 4. The number of carbonyl (C=O) groups is 1. The van der Waals surface area contributed by atoms with Crippen molar-refractivity contribution in [1.29, 1.82) is 0 Å². The molecule has 9 nitrogen and oxygen atoms in total. The molecule has 0 spiro atoms. The maximum absolute atomic E-state index is 12.4. The molecule has 0 aliphatic carbocycles. The lowest BCUT2D eigenvalue weighted by Gasteiger charge is -2.12. The average Bonchev–Trinajstić information content (AvgIpc) is 3.28. The van der Waals surface area contributed by atoms with Crippen molar-refractivity contribution in [2.75, 3.05) is 19.5 Å². The van der Waals surface area contributed by atoms with Crippen LogP contribution in [-0.2, 0) is 11.3 Å². The van der Waals surface area contributed by atoms with E-state index in [1.807, 2.05) is 12.3 Å². The van der Waals surface area contributed by atoms with E-state index >= 15 is 0 Å². The fourth-order valence-electron chi connectivity index (χ4n) is 3.28. The van der Waals surface area contributed by atoms with Gasteiger partial charge in [-0.1, -0.05) is 13.8 Å². The number of hydrogen-bond donors (Lipinski definition) is 1. The molecule has 2 aromatic carbocycles. The van der Waals surface area contributed by atoms with Gasteiger partial charge in [-0.3, -0.25) is 9.48 Å². The maximum Gasteiger partial charge on any atom is 0.246 e. The highest BCUT2D eigenvalue weighted by Crippen LogP contribution is 2.35. The number of amides is 1. The Balaban J connectivity index is 1.45. The molecule has 0 fully saturated rings. The predicted octanol–water partition coefficient (Wildman–Crippen LogP) is 4.40. The summed E-state index contributed by atoms with van der Waals surface area (Å²) in [6.07, 6.45) is 3.24. The first-order valence-corrected chi connectivity index (χ1v) is 10.4. The average molecular weight is 447 g/mol. The fraction of sp³-hybridized carbons (Fsp3) is 0.250. The predicted molar refractivity (Wildman–Crippen MR) is 124 cm³/mol. The number of nitrogens with one attached hydrogen (secondary N) is 1. The minimum absolute atomic E-state index is 0.142. The molecule has 4 aromatic rings. The van der Waals surface area contributed by atoms with Crippen molar-refractivity contribution in [2.24, 2.45) is 0 Å². The summed E-state index contributed by atoms with van der Waals surface area (Å²) in [5.41, 5.74) is 2.28. The van der Waals surface area contributed by atoms with Crippen LogP contribution in [0.3, 0.4) is 0 Å². The summed E-state index contributed by atoms with van der Waals surface area (Å²) in [4.78, 5) is 20.9. The van der Waals surface area contributed by atoms with Crippen LogP contribution in [0.5, 0.6) is 23.1 Å². The first-order valence-electron chi connectivity index (χ1n) is 10.4. The van der Waals surface area contributed by atoms with E-state index in [1.54, 1.807) is 55.3 Å².